The van der Waals surface area contributed by atoms with Gasteiger partial charge in [-0.1, -0.05) is 61.5 Å². The van der Waals surface area contributed by atoms with E-state index in [2.05, 4.69) is 27.7 Å². The Morgan fingerprint density at radius 2 is 1.50 bits per heavy atom. The first-order chi connectivity index (χ1) is 14.4. The van der Waals surface area contributed by atoms with Crippen molar-refractivity contribution in [1.29, 1.82) is 0 Å². The molecule has 0 aromatic heterocycles. The molecule has 0 bridgehead atoms. The third-order valence-corrected chi connectivity index (χ3v) is 5.15. The molecule has 3 nitrogen and oxygen atoms in total. The highest BCUT2D eigenvalue weighted by Crippen LogP contribution is 2.23. The van der Waals surface area contributed by atoms with Crippen molar-refractivity contribution in [3.8, 4) is 5.75 Å². The van der Waals surface area contributed by atoms with E-state index < -0.39 is 0 Å². The average Bonchev–Trinajstić information content (AvgIpc) is 2.76. The highest BCUT2D eigenvalue weighted by Gasteiger charge is 2.27. The van der Waals surface area contributed by atoms with E-state index in [0.717, 1.165) is 28.9 Å². The number of ether oxygens (including phenoxy) is 1. The van der Waals surface area contributed by atoms with Crippen LogP contribution >= 0.6 is 0 Å². The van der Waals surface area contributed by atoms with E-state index in [9.17, 15) is 4.79 Å². The largest absolute Gasteiger partial charge is 0.489 e. The van der Waals surface area contributed by atoms with Crippen LogP contribution in [0.1, 0.15) is 54.7 Å². The van der Waals surface area contributed by atoms with Gasteiger partial charge in [0.1, 0.15) is 12.4 Å². The second-order valence-electron chi connectivity index (χ2n) is 8.53. The molecule has 0 fully saturated rings. The highest BCUT2D eigenvalue weighted by atomic mass is 16.5. The van der Waals surface area contributed by atoms with Crippen LogP contribution < -0.4 is 4.74 Å². The minimum atomic E-state index is -0.304. The summed E-state index contributed by atoms with van der Waals surface area (Å²) < 4.78 is 5.97. The van der Waals surface area contributed by atoms with Crippen molar-refractivity contribution in [2.45, 2.75) is 52.8 Å². The Labute approximate surface area is 180 Å². The van der Waals surface area contributed by atoms with Crippen molar-refractivity contribution in [2.24, 2.45) is 0 Å². The van der Waals surface area contributed by atoms with E-state index in [0.29, 0.717) is 13.2 Å². The predicted octanol–water partition coefficient (Wildman–Crippen LogP) is 6.27. The SMILES string of the molecule is CCc1ccc(C(=O)N(Cc2cccc(OCc3ccccc3)c2)C(C)(C)C)cc1. The molecule has 0 aliphatic rings. The van der Waals surface area contributed by atoms with E-state index in [1.54, 1.807) is 0 Å². The number of amides is 1. The molecule has 3 aromatic rings. The smallest absolute Gasteiger partial charge is 0.254 e. The van der Waals surface area contributed by atoms with Crippen molar-refractivity contribution in [1.82, 2.24) is 4.90 Å². The van der Waals surface area contributed by atoms with Crippen LogP contribution in [0.3, 0.4) is 0 Å². The summed E-state index contributed by atoms with van der Waals surface area (Å²) in [4.78, 5) is 15.2. The molecule has 0 unspecified atom stereocenters. The van der Waals surface area contributed by atoms with Crippen LogP contribution in [0.5, 0.6) is 5.75 Å². The third-order valence-electron chi connectivity index (χ3n) is 5.15. The molecule has 0 aliphatic heterocycles. The van der Waals surface area contributed by atoms with E-state index >= 15 is 0 Å². The summed E-state index contributed by atoms with van der Waals surface area (Å²) >= 11 is 0. The Morgan fingerprint density at radius 3 is 2.13 bits per heavy atom. The maximum absolute atomic E-state index is 13.3. The number of carbonyl (C=O) groups excluding carboxylic acids is 1. The lowest BCUT2D eigenvalue weighted by atomic mass is 10.0. The van der Waals surface area contributed by atoms with E-state index in [1.807, 2.05) is 83.8 Å². The highest BCUT2D eigenvalue weighted by molar-refractivity contribution is 5.94. The fraction of sp³-hybridized carbons (Fsp3) is 0.296. The number of hydrogen-bond acceptors (Lipinski definition) is 2. The van der Waals surface area contributed by atoms with Gasteiger partial charge in [-0.3, -0.25) is 4.79 Å². The van der Waals surface area contributed by atoms with Gasteiger partial charge in [-0.15, -0.1) is 0 Å². The van der Waals surface area contributed by atoms with Gasteiger partial charge in [0.25, 0.3) is 5.91 Å². The zero-order valence-electron chi connectivity index (χ0n) is 18.4. The number of hydrogen-bond donors (Lipinski definition) is 0. The first kappa shape index (κ1) is 21.6. The van der Waals surface area contributed by atoms with Crippen LogP contribution in [-0.4, -0.2) is 16.3 Å². The van der Waals surface area contributed by atoms with Crippen molar-refractivity contribution in [3.63, 3.8) is 0 Å². The zero-order valence-corrected chi connectivity index (χ0v) is 18.4. The maximum atomic E-state index is 13.3. The molecule has 0 saturated carbocycles. The summed E-state index contributed by atoms with van der Waals surface area (Å²) in [7, 11) is 0. The van der Waals surface area contributed by atoms with Gasteiger partial charge in [-0.05, 0) is 68.1 Å². The average molecular weight is 402 g/mol. The summed E-state index contributed by atoms with van der Waals surface area (Å²) in [5.41, 5.74) is 3.83. The monoisotopic (exact) mass is 401 g/mol. The van der Waals surface area contributed by atoms with Gasteiger partial charge in [0.05, 0.1) is 0 Å². The molecule has 1 amide bonds. The molecule has 0 aliphatic carbocycles. The van der Waals surface area contributed by atoms with Crippen LogP contribution in [0.15, 0.2) is 78.9 Å². The molecule has 0 heterocycles. The molecule has 3 heteroatoms. The summed E-state index contributed by atoms with van der Waals surface area (Å²) in [5.74, 6) is 0.853. The number of aryl methyl sites for hydroxylation is 1. The Morgan fingerprint density at radius 1 is 0.833 bits per heavy atom. The number of rotatable bonds is 7. The summed E-state index contributed by atoms with van der Waals surface area (Å²) in [6.45, 7) is 9.38. The van der Waals surface area contributed by atoms with Gasteiger partial charge in [-0.2, -0.15) is 0 Å². The standard InChI is InChI=1S/C27H31NO2/c1-5-21-14-16-24(17-15-21)26(29)28(27(2,3)4)19-23-12-9-13-25(18-23)30-20-22-10-7-6-8-11-22/h6-18H,5,19-20H2,1-4H3. The third kappa shape index (κ3) is 5.73. The summed E-state index contributed by atoms with van der Waals surface area (Å²) in [6, 6.07) is 26.0. The maximum Gasteiger partial charge on any atom is 0.254 e. The van der Waals surface area contributed by atoms with Gasteiger partial charge in [0.15, 0.2) is 0 Å². The number of nitrogens with zero attached hydrogens (tertiary/aromatic N) is 1. The number of benzene rings is 3. The Balaban J connectivity index is 1.75. The summed E-state index contributed by atoms with van der Waals surface area (Å²) in [5, 5.41) is 0. The quantitative estimate of drug-likeness (QED) is 0.467. The minimum Gasteiger partial charge on any atom is -0.489 e. The molecular weight excluding hydrogens is 370 g/mol. The zero-order chi connectivity index (χ0) is 21.6. The van der Waals surface area contributed by atoms with Crippen molar-refractivity contribution in [2.75, 3.05) is 0 Å². The van der Waals surface area contributed by atoms with Crippen LogP contribution in [0.2, 0.25) is 0 Å². The van der Waals surface area contributed by atoms with Crippen LogP contribution in [0, 0.1) is 0 Å². The topological polar surface area (TPSA) is 29.5 Å². The summed E-state index contributed by atoms with van der Waals surface area (Å²) in [6.07, 6.45) is 0.966. The van der Waals surface area contributed by atoms with Crippen LogP contribution in [0.25, 0.3) is 0 Å². The number of carbonyl (C=O) groups is 1. The fourth-order valence-electron chi connectivity index (χ4n) is 3.31. The van der Waals surface area contributed by atoms with Crippen LogP contribution in [0.4, 0.5) is 0 Å². The van der Waals surface area contributed by atoms with Gasteiger partial charge in [0, 0.05) is 17.6 Å². The van der Waals surface area contributed by atoms with Crippen LogP contribution in [-0.2, 0) is 19.6 Å². The van der Waals surface area contributed by atoms with E-state index in [-0.39, 0.29) is 11.4 Å². The van der Waals surface area contributed by atoms with E-state index in [4.69, 9.17) is 4.74 Å². The second kappa shape index (κ2) is 9.62. The predicted molar refractivity (Wildman–Crippen MR) is 123 cm³/mol. The Hall–Kier alpha value is -3.07. The van der Waals surface area contributed by atoms with Gasteiger partial charge >= 0.3 is 0 Å². The molecule has 156 valence electrons. The fourth-order valence-corrected chi connectivity index (χ4v) is 3.31. The first-order valence-corrected chi connectivity index (χ1v) is 10.5. The van der Waals surface area contributed by atoms with Gasteiger partial charge in [-0.25, -0.2) is 0 Å². The molecule has 0 spiro atoms. The lowest BCUT2D eigenvalue weighted by Gasteiger charge is -2.36. The normalized spacial score (nSPS) is 11.2. The lowest BCUT2D eigenvalue weighted by molar-refractivity contribution is 0.0558. The lowest BCUT2D eigenvalue weighted by Crippen LogP contribution is -2.45. The molecule has 0 saturated heterocycles. The van der Waals surface area contributed by atoms with Gasteiger partial charge in [0.2, 0.25) is 0 Å². The second-order valence-corrected chi connectivity index (χ2v) is 8.53. The molecule has 0 radical (unpaired) electrons. The Kier molecular flexibility index (Phi) is 6.94. The first-order valence-electron chi connectivity index (χ1n) is 10.5. The Bertz CT molecular complexity index is 956. The van der Waals surface area contributed by atoms with Crippen molar-refractivity contribution >= 4 is 5.91 Å². The van der Waals surface area contributed by atoms with Gasteiger partial charge < -0.3 is 9.64 Å². The molecular formula is C27H31NO2. The molecule has 0 N–H and O–H groups in total. The van der Waals surface area contributed by atoms with Crippen molar-refractivity contribution < 1.29 is 9.53 Å². The van der Waals surface area contributed by atoms with Crippen molar-refractivity contribution in [3.05, 3.63) is 101 Å². The minimum absolute atomic E-state index is 0.0424. The molecule has 0 atom stereocenters. The molecule has 3 aromatic carbocycles. The molecule has 30 heavy (non-hydrogen) atoms. The molecule has 3 rings (SSSR count). The van der Waals surface area contributed by atoms with E-state index in [1.165, 1.54) is 5.56 Å².